The highest BCUT2D eigenvalue weighted by Gasteiger charge is 2.51. The van der Waals surface area contributed by atoms with Gasteiger partial charge >= 0.3 is 0 Å². The van der Waals surface area contributed by atoms with Crippen LogP contribution in [-0.4, -0.2) is 28.8 Å². The topological polar surface area (TPSA) is 82.6 Å². The van der Waals surface area contributed by atoms with Crippen molar-refractivity contribution < 1.29 is 13.9 Å². The molecule has 2 aromatic carbocycles. The highest BCUT2D eigenvalue weighted by Crippen LogP contribution is 2.51. The zero-order chi connectivity index (χ0) is 19.8. The molecule has 0 amide bonds. The van der Waals surface area contributed by atoms with Crippen molar-refractivity contribution in [2.24, 2.45) is 10.7 Å². The largest absolute Gasteiger partial charge is 0.485 e. The number of hydrogen-bond acceptors (Lipinski definition) is 6. The van der Waals surface area contributed by atoms with E-state index in [0.29, 0.717) is 17.7 Å². The van der Waals surface area contributed by atoms with E-state index in [2.05, 4.69) is 15.0 Å². The van der Waals surface area contributed by atoms with Gasteiger partial charge in [0, 0.05) is 29.9 Å². The van der Waals surface area contributed by atoms with Crippen LogP contribution in [0, 0.1) is 0 Å². The molecule has 3 atom stereocenters. The second-order valence-corrected chi connectivity index (χ2v) is 7.21. The van der Waals surface area contributed by atoms with E-state index in [1.807, 2.05) is 48.5 Å². The molecular formula is C22H19FN4O2. The summed E-state index contributed by atoms with van der Waals surface area (Å²) in [5, 5.41) is 0. The van der Waals surface area contributed by atoms with Crippen LogP contribution in [0.2, 0.25) is 0 Å². The van der Waals surface area contributed by atoms with Gasteiger partial charge in [-0.15, -0.1) is 0 Å². The van der Waals surface area contributed by atoms with E-state index in [0.717, 1.165) is 16.7 Å². The predicted molar refractivity (Wildman–Crippen MR) is 106 cm³/mol. The van der Waals surface area contributed by atoms with E-state index in [4.69, 9.17) is 15.2 Å². The minimum absolute atomic E-state index is 0.00740. The maximum atomic E-state index is 15.4. The lowest BCUT2D eigenvalue weighted by Gasteiger charge is -2.43. The van der Waals surface area contributed by atoms with Crippen LogP contribution in [0.15, 0.2) is 72.2 Å². The van der Waals surface area contributed by atoms with Crippen molar-refractivity contribution in [3.8, 4) is 16.9 Å². The number of fused-ring (bicyclic) bond motifs is 2. The fourth-order valence-corrected chi connectivity index (χ4v) is 4.04. The molecule has 5 rings (SSSR count). The van der Waals surface area contributed by atoms with Crippen molar-refractivity contribution in [2.45, 2.75) is 24.2 Å². The summed E-state index contributed by atoms with van der Waals surface area (Å²) in [5.41, 5.74) is 8.02. The Morgan fingerprint density at radius 3 is 2.62 bits per heavy atom. The first-order chi connectivity index (χ1) is 14.2. The minimum atomic E-state index is -1.36. The zero-order valence-corrected chi connectivity index (χ0v) is 15.5. The Bertz CT molecular complexity index is 1060. The number of halogens is 1. The quantitative estimate of drug-likeness (QED) is 0.724. The maximum absolute atomic E-state index is 15.4. The number of nitrogens with zero attached hydrogens (tertiary/aromatic N) is 3. The van der Waals surface area contributed by atoms with E-state index in [1.54, 1.807) is 12.4 Å². The molecule has 3 aromatic rings. The Balaban J connectivity index is 1.67. The van der Waals surface area contributed by atoms with Gasteiger partial charge in [-0.05, 0) is 23.3 Å². The summed E-state index contributed by atoms with van der Waals surface area (Å²) in [7, 11) is 0. The second-order valence-electron chi connectivity index (χ2n) is 7.21. The predicted octanol–water partition coefficient (Wildman–Crippen LogP) is 3.55. The van der Waals surface area contributed by atoms with E-state index in [1.165, 1.54) is 6.33 Å². The number of aromatic nitrogens is 2. The molecule has 2 N–H and O–H groups in total. The summed E-state index contributed by atoms with van der Waals surface area (Å²) in [6.45, 7) is -0.144. The lowest BCUT2D eigenvalue weighted by molar-refractivity contribution is 0.0302. The van der Waals surface area contributed by atoms with E-state index >= 15 is 4.39 Å². The summed E-state index contributed by atoms with van der Waals surface area (Å²) in [6, 6.07) is 15.4. The van der Waals surface area contributed by atoms with Gasteiger partial charge < -0.3 is 15.2 Å². The third-order valence-electron chi connectivity index (χ3n) is 5.48. The molecule has 3 unspecified atom stereocenters. The van der Waals surface area contributed by atoms with E-state index in [9.17, 15) is 0 Å². The first-order valence-electron chi connectivity index (χ1n) is 9.39. The van der Waals surface area contributed by atoms with Crippen LogP contribution in [-0.2, 0) is 10.3 Å². The number of ether oxygens (including phenoxy) is 2. The SMILES string of the molecule is NC1=NC2(CC(c3ccccc3)Oc3ccc(-c4cncnc4)cc32)C(F)CO1. The molecule has 0 saturated heterocycles. The Labute approximate surface area is 167 Å². The number of aliphatic imine (C=N–C) groups is 1. The first kappa shape index (κ1) is 17.6. The number of hydrogen-bond donors (Lipinski definition) is 1. The number of benzene rings is 2. The molecule has 7 heteroatoms. The molecule has 1 aromatic heterocycles. The average Bonchev–Trinajstić information content (AvgIpc) is 2.77. The average molecular weight is 390 g/mol. The van der Waals surface area contributed by atoms with Gasteiger partial charge in [-0.1, -0.05) is 36.4 Å². The summed E-state index contributed by atoms with van der Waals surface area (Å²) in [6.07, 6.45) is 3.52. The van der Waals surface area contributed by atoms with Crippen molar-refractivity contribution in [1.82, 2.24) is 9.97 Å². The smallest absolute Gasteiger partial charge is 0.283 e. The summed E-state index contributed by atoms with van der Waals surface area (Å²) in [5.74, 6) is 0.590. The molecule has 0 aliphatic carbocycles. The molecular weight excluding hydrogens is 371 g/mol. The van der Waals surface area contributed by atoms with Gasteiger partial charge in [-0.2, -0.15) is 0 Å². The van der Waals surface area contributed by atoms with Crippen molar-refractivity contribution in [3.05, 3.63) is 78.4 Å². The summed E-state index contributed by atoms with van der Waals surface area (Å²) < 4.78 is 26.9. The fourth-order valence-electron chi connectivity index (χ4n) is 4.04. The van der Waals surface area contributed by atoms with Gasteiger partial charge in [-0.3, -0.25) is 0 Å². The molecule has 0 fully saturated rings. The molecule has 0 bridgehead atoms. The highest BCUT2D eigenvalue weighted by molar-refractivity contribution is 5.74. The molecule has 2 aliphatic heterocycles. The van der Waals surface area contributed by atoms with Gasteiger partial charge in [0.05, 0.1) is 0 Å². The second kappa shape index (κ2) is 6.84. The minimum Gasteiger partial charge on any atom is -0.485 e. The fraction of sp³-hybridized carbons (Fsp3) is 0.227. The van der Waals surface area contributed by atoms with Crippen molar-refractivity contribution >= 4 is 6.02 Å². The zero-order valence-electron chi connectivity index (χ0n) is 15.5. The molecule has 6 nitrogen and oxygen atoms in total. The molecule has 1 spiro atoms. The van der Waals surface area contributed by atoms with Gasteiger partial charge in [0.25, 0.3) is 6.02 Å². The van der Waals surface area contributed by atoms with E-state index < -0.39 is 11.7 Å². The first-order valence-corrected chi connectivity index (χ1v) is 9.39. The number of nitrogens with two attached hydrogens (primary N) is 1. The Morgan fingerprint density at radius 1 is 1.03 bits per heavy atom. The van der Waals surface area contributed by atoms with Gasteiger partial charge in [0.2, 0.25) is 0 Å². The molecule has 29 heavy (non-hydrogen) atoms. The standard InChI is InChI=1S/C22H19FN4O2/c23-20-12-28-21(24)27-22(20)9-19(14-4-2-1-3-5-14)29-18-7-6-15(8-17(18)22)16-10-25-13-26-11-16/h1-8,10-11,13,19-20H,9,12H2,(H2,24,27). The van der Waals surface area contributed by atoms with Gasteiger partial charge in [-0.25, -0.2) is 19.4 Å². The third-order valence-corrected chi connectivity index (χ3v) is 5.48. The molecule has 146 valence electrons. The van der Waals surface area contributed by atoms with Gasteiger partial charge in [0.1, 0.15) is 30.3 Å². The van der Waals surface area contributed by atoms with Crippen molar-refractivity contribution in [2.75, 3.05) is 6.61 Å². The van der Waals surface area contributed by atoms with Crippen LogP contribution in [0.25, 0.3) is 11.1 Å². The maximum Gasteiger partial charge on any atom is 0.283 e. The Hall–Kier alpha value is -3.48. The van der Waals surface area contributed by atoms with Crippen LogP contribution in [0.4, 0.5) is 4.39 Å². The number of amidine groups is 1. The molecule has 0 saturated carbocycles. The van der Waals surface area contributed by atoms with Crippen LogP contribution < -0.4 is 10.5 Å². The monoisotopic (exact) mass is 390 g/mol. The van der Waals surface area contributed by atoms with Crippen LogP contribution in [0.5, 0.6) is 5.75 Å². The van der Waals surface area contributed by atoms with Crippen LogP contribution >= 0.6 is 0 Å². The summed E-state index contributed by atoms with van der Waals surface area (Å²) >= 11 is 0. The highest BCUT2D eigenvalue weighted by atomic mass is 19.1. The summed E-state index contributed by atoms with van der Waals surface area (Å²) in [4.78, 5) is 12.6. The van der Waals surface area contributed by atoms with Crippen LogP contribution in [0.3, 0.4) is 0 Å². The lowest BCUT2D eigenvalue weighted by atomic mass is 9.76. The third kappa shape index (κ3) is 2.99. The van der Waals surface area contributed by atoms with Crippen LogP contribution in [0.1, 0.15) is 23.7 Å². The molecule has 2 aliphatic rings. The molecule has 3 heterocycles. The normalized spacial score (nSPS) is 25.5. The van der Waals surface area contributed by atoms with Crippen molar-refractivity contribution in [1.29, 1.82) is 0 Å². The molecule has 0 radical (unpaired) electrons. The Kier molecular flexibility index (Phi) is 4.16. The Morgan fingerprint density at radius 2 is 1.83 bits per heavy atom. The van der Waals surface area contributed by atoms with Gasteiger partial charge in [0.15, 0.2) is 6.17 Å². The van der Waals surface area contributed by atoms with Crippen molar-refractivity contribution in [3.63, 3.8) is 0 Å². The lowest BCUT2D eigenvalue weighted by Crippen LogP contribution is -2.48. The van der Waals surface area contributed by atoms with E-state index in [-0.39, 0.29) is 18.7 Å². The number of alkyl halides is 1. The number of rotatable bonds is 2.